The predicted octanol–water partition coefficient (Wildman–Crippen LogP) is 10.6. The topological polar surface area (TPSA) is 95.1 Å². The standard InChI is InChI=1S/C22H37NO3.C21H35NO3/c1-17(2)11-9-7-8-10-12-21(24)23-16-18-13-14-19(20(15-18)25-6)26-22(3,4)5;1-16(2)10-8-7-9-11-20(23)22-15-17-12-13-18(19(14-17)24-6)25-21(3,4)5/h13-15,17H,7-12,16H2,1-6H3,(H,23,24);12-14,16H,7-11,15H2,1-6H3,(H,22,23). The summed E-state index contributed by atoms with van der Waals surface area (Å²) in [6.45, 7) is 22.0. The van der Waals surface area contributed by atoms with Crippen molar-refractivity contribution < 1.29 is 28.5 Å². The highest BCUT2D eigenvalue weighted by atomic mass is 16.5. The van der Waals surface area contributed by atoms with Crippen LogP contribution in [0.2, 0.25) is 0 Å². The summed E-state index contributed by atoms with van der Waals surface area (Å²) in [7, 11) is 3.26. The molecule has 290 valence electrons. The Bertz CT molecular complexity index is 1280. The molecule has 0 saturated heterocycles. The zero-order valence-corrected chi connectivity index (χ0v) is 34.3. The second-order valence-electron chi connectivity index (χ2n) is 16.3. The summed E-state index contributed by atoms with van der Waals surface area (Å²) in [5.41, 5.74) is 1.45. The summed E-state index contributed by atoms with van der Waals surface area (Å²) in [6, 6.07) is 11.6. The van der Waals surface area contributed by atoms with Gasteiger partial charge in [0.25, 0.3) is 0 Å². The van der Waals surface area contributed by atoms with E-state index in [-0.39, 0.29) is 23.0 Å². The van der Waals surface area contributed by atoms with Crippen LogP contribution in [0, 0.1) is 11.8 Å². The number of nitrogens with one attached hydrogen (secondary N) is 2. The van der Waals surface area contributed by atoms with Crippen LogP contribution in [-0.4, -0.2) is 37.2 Å². The van der Waals surface area contributed by atoms with E-state index in [1.807, 2.05) is 77.9 Å². The minimum absolute atomic E-state index is 0.110. The number of unbranched alkanes of at least 4 members (excludes halogenated alkanes) is 5. The Morgan fingerprint density at radius 2 is 0.902 bits per heavy atom. The maximum atomic E-state index is 12.0. The molecule has 2 amide bonds. The van der Waals surface area contributed by atoms with Gasteiger partial charge in [0.1, 0.15) is 11.2 Å². The molecule has 0 radical (unpaired) electrons. The zero-order valence-electron chi connectivity index (χ0n) is 34.3. The molecule has 2 rings (SSSR count). The van der Waals surface area contributed by atoms with E-state index in [1.54, 1.807) is 14.2 Å². The van der Waals surface area contributed by atoms with Gasteiger partial charge in [-0.1, -0.05) is 84.8 Å². The van der Waals surface area contributed by atoms with Crippen LogP contribution in [-0.2, 0) is 22.7 Å². The van der Waals surface area contributed by atoms with Gasteiger partial charge >= 0.3 is 0 Å². The van der Waals surface area contributed by atoms with Crippen LogP contribution in [0.3, 0.4) is 0 Å². The molecule has 0 aliphatic carbocycles. The van der Waals surface area contributed by atoms with E-state index >= 15 is 0 Å². The van der Waals surface area contributed by atoms with Crippen molar-refractivity contribution in [1.82, 2.24) is 10.6 Å². The van der Waals surface area contributed by atoms with Crippen LogP contribution >= 0.6 is 0 Å². The Labute approximate surface area is 311 Å². The molecule has 2 N–H and O–H groups in total. The fourth-order valence-electron chi connectivity index (χ4n) is 5.26. The van der Waals surface area contributed by atoms with Crippen molar-refractivity contribution >= 4 is 11.8 Å². The number of carbonyl (C=O) groups excluding carboxylic acids is 2. The Kier molecular flexibility index (Phi) is 21.4. The predicted molar refractivity (Wildman–Crippen MR) is 211 cm³/mol. The fourth-order valence-corrected chi connectivity index (χ4v) is 5.26. The summed E-state index contributed by atoms with van der Waals surface area (Å²) in [5, 5.41) is 5.97. The van der Waals surface area contributed by atoms with Crippen LogP contribution in [0.5, 0.6) is 23.0 Å². The van der Waals surface area contributed by atoms with Gasteiger partial charge < -0.3 is 29.6 Å². The van der Waals surface area contributed by atoms with Gasteiger partial charge in [-0.05, 0) is 102 Å². The molecule has 51 heavy (non-hydrogen) atoms. The quantitative estimate of drug-likeness (QED) is 0.125. The molecular weight excluding hydrogens is 640 g/mol. The third-order valence-electron chi connectivity index (χ3n) is 7.89. The monoisotopic (exact) mass is 713 g/mol. The van der Waals surface area contributed by atoms with E-state index in [2.05, 4.69) is 38.3 Å². The fraction of sp³-hybridized carbons (Fsp3) is 0.674. The minimum atomic E-state index is -0.280. The lowest BCUT2D eigenvalue weighted by atomic mass is 10.0. The Morgan fingerprint density at radius 1 is 0.549 bits per heavy atom. The summed E-state index contributed by atoms with van der Waals surface area (Å²) in [4.78, 5) is 24.0. The number of hydrogen-bond donors (Lipinski definition) is 2. The summed E-state index contributed by atoms with van der Waals surface area (Å²) in [5.74, 6) is 4.56. The largest absolute Gasteiger partial charge is 0.493 e. The van der Waals surface area contributed by atoms with Crippen LogP contribution in [0.4, 0.5) is 0 Å². The maximum absolute atomic E-state index is 12.0. The van der Waals surface area contributed by atoms with Crippen LogP contribution in [0.15, 0.2) is 36.4 Å². The van der Waals surface area contributed by atoms with E-state index in [0.29, 0.717) is 37.4 Å². The summed E-state index contributed by atoms with van der Waals surface area (Å²) in [6.07, 6.45) is 11.6. The van der Waals surface area contributed by atoms with Crippen molar-refractivity contribution in [3.05, 3.63) is 47.5 Å². The minimum Gasteiger partial charge on any atom is -0.493 e. The number of hydrogen-bond acceptors (Lipinski definition) is 6. The van der Waals surface area contributed by atoms with Crippen LogP contribution in [0.1, 0.15) is 151 Å². The Hall–Kier alpha value is -3.42. The highest BCUT2D eigenvalue weighted by Gasteiger charge is 2.17. The van der Waals surface area contributed by atoms with E-state index in [1.165, 1.54) is 32.1 Å². The number of rotatable bonds is 21. The third kappa shape index (κ3) is 22.9. The van der Waals surface area contributed by atoms with Gasteiger partial charge in [-0.3, -0.25) is 9.59 Å². The molecular formula is C43H72N2O6. The molecule has 0 atom stereocenters. The van der Waals surface area contributed by atoms with Crippen molar-refractivity contribution in [2.45, 2.75) is 164 Å². The van der Waals surface area contributed by atoms with E-state index in [9.17, 15) is 9.59 Å². The average Bonchev–Trinajstić information content (AvgIpc) is 3.03. The first-order valence-corrected chi connectivity index (χ1v) is 19.2. The first-order valence-electron chi connectivity index (χ1n) is 19.2. The van der Waals surface area contributed by atoms with Gasteiger partial charge in [-0.15, -0.1) is 0 Å². The molecule has 0 aliphatic heterocycles. The van der Waals surface area contributed by atoms with Crippen LogP contribution < -0.4 is 29.6 Å². The first kappa shape index (κ1) is 45.6. The summed E-state index contributed by atoms with van der Waals surface area (Å²) >= 11 is 0. The number of benzene rings is 2. The number of methoxy groups -OCH3 is 2. The second-order valence-corrected chi connectivity index (χ2v) is 16.3. The molecule has 0 bridgehead atoms. The molecule has 8 heteroatoms. The van der Waals surface area contributed by atoms with Crippen molar-refractivity contribution in [2.75, 3.05) is 14.2 Å². The van der Waals surface area contributed by atoms with Gasteiger partial charge in [0.2, 0.25) is 11.8 Å². The van der Waals surface area contributed by atoms with E-state index < -0.39 is 0 Å². The molecule has 0 aromatic heterocycles. The lowest BCUT2D eigenvalue weighted by Crippen LogP contribution is -2.24. The lowest BCUT2D eigenvalue weighted by Gasteiger charge is -2.23. The van der Waals surface area contributed by atoms with Crippen molar-refractivity contribution in [2.24, 2.45) is 11.8 Å². The molecule has 0 spiro atoms. The van der Waals surface area contributed by atoms with E-state index in [4.69, 9.17) is 18.9 Å². The van der Waals surface area contributed by atoms with Crippen molar-refractivity contribution in [3.63, 3.8) is 0 Å². The number of carbonyl (C=O) groups is 2. The summed E-state index contributed by atoms with van der Waals surface area (Å²) < 4.78 is 22.6. The smallest absolute Gasteiger partial charge is 0.220 e. The van der Waals surface area contributed by atoms with Gasteiger partial charge in [0, 0.05) is 25.9 Å². The van der Waals surface area contributed by atoms with E-state index in [0.717, 1.165) is 60.1 Å². The average molecular weight is 713 g/mol. The molecule has 2 aromatic rings. The zero-order chi connectivity index (χ0) is 38.5. The highest BCUT2D eigenvalue weighted by Crippen LogP contribution is 2.32. The SMILES string of the molecule is COc1cc(CNC(=O)CCCCCC(C)C)ccc1OC(C)(C)C.COc1cc(CNC(=O)CCCCCCC(C)C)ccc1OC(C)(C)C. The highest BCUT2D eigenvalue weighted by molar-refractivity contribution is 5.76. The van der Waals surface area contributed by atoms with Gasteiger partial charge in [-0.25, -0.2) is 0 Å². The number of amides is 2. The molecule has 2 aromatic carbocycles. The molecule has 8 nitrogen and oxygen atoms in total. The van der Waals surface area contributed by atoms with Gasteiger partial charge in [-0.2, -0.15) is 0 Å². The molecule has 0 unspecified atom stereocenters. The van der Waals surface area contributed by atoms with Gasteiger partial charge in [0.05, 0.1) is 14.2 Å². The molecule has 0 fully saturated rings. The Balaban J connectivity index is 0.000000510. The van der Waals surface area contributed by atoms with Crippen molar-refractivity contribution in [1.29, 1.82) is 0 Å². The van der Waals surface area contributed by atoms with Crippen LogP contribution in [0.25, 0.3) is 0 Å². The third-order valence-corrected chi connectivity index (χ3v) is 7.89. The van der Waals surface area contributed by atoms with Crippen molar-refractivity contribution in [3.8, 4) is 23.0 Å². The molecule has 0 aliphatic rings. The lowest BCUT2D eigenvalue weighted by molar-refractivity contribution is -0.122. The molecule has 0 saturated carbocycles. The normalized spacial score (nSPS) is 11.5. The number of ether oxygens (including phenoxy) is 4. The molecule has 0 heterocycles. The maximum Gasteiger partial charge on any atom is 0.220 e. The Morgan fingerprint density at radius 3 is 1.24 bits per heavy atom. The van der Waals surface area contributed by atoms with Gasteiger partial charge in [0.15, 0.2) is 23.0 Å². The first-order chi connectivity index (χ1) is 23.9. The second kappa shape index (κ2) is 23.9.